The Morgan fingerprint density at radius 3 is 2.69 bits per heavy atom. The van der Waals surface area contributed by atoms with Crippen LogP contribution in [-0.4, -0.2) is 33.6 Å². The van der Waals surface area contributed by atoms with Crippen LogP contribution in [0.5, 0.6) is 0 Å². The molecule has 0 radical (unpaired) electrons. The molecule has 88 valence electrons. The van der Waals surface area contributed by atoms with Gasteiger partial charge in [0.05, 0.1) is 6.20 Å². The molecule has 2 atom stereocenters. The molecule has 1 fully saturated rings. The zero-order valence-corrected chi connectivity index (χ0v) is 10.7. The van der Waals surface area contributed by atoms with Crippen LogP contribution in [-0.2, 0) is 0 Å². The van der Waals surface area contributed by atoms with E-state index in [1.165, 1.54) is 0 Å². The largest absolute Gasteiger partial charge is 0.352 e. The number of aromatic nitrogens is 2. The van der Waals surface area contributed by atoms with Gasteiger partial charge in [0.1, 0.15) is 0 Å². The molecule has 0 spiro atoms. The Bertz CT molecular complexity index is 380. The lowest BCUT2D eigenvalue weighted by molar-refractivity contribution is 0.595. The summed E-state index contributed by atoms with van der Waals surface area (Å²) in [5.41, 5.74) is 0. The molecule has 0 N–H and O–H groups in total. The van der Waals surface area contributed by atoms with Gasteiger partial charge in [0.2, 0.25) is 5.28 Å². The number of hydrogen-bond donors (Lipinski definition) is 0. The fourth-order valence-electron chi connectivity index (χ4n) is 1.91. The normalized spacial score (nSPS) is 25.9. The average Bonchev–Trinajstić information content (AvgIpc) is 2.20. The third kappa shape index (κ3) is 2.58. The molecule has 0 bridgehead atoms. The number of nitrogens with zero attached hydrogens (tertiary/aromatic N) is 3. The van der Waals surface area contributed by atoms with E-state index in [9.17, 15) is 4.39 Å². The second-order valence-electron chi connectivity index (χ2n) is 3.97. The van der Waals surface area contributed by atoms with E-state index in [0.717, 1.165) is 19.3 Å². The van der Waals surface area contributed by atoms with Gasteiger partial charge < -0.3 is 4.90 Å². The highest BCUT2D eigenvalue weighted by Crippen LogP contribution is 2.28. The summed E-state index contributed by atoms with van der Waals surface area (Å²) in [7, 11) is 0. The van der Waals surface area contributed by atoms with Gasteiger partial charge in [0.15, 0.2) is 11.6 Å². The molecule has 2 heterocycles. The van der Waals surface area contributed by atoms with Gasteiger partial charge in [-0.2, -0.15) is 16.7 Å². The van der Waals surface area contributed by atoms with Crippen molar-refractivity contribution in [1.82, 2.24) is 9.97 Å². The van der Waals surface area contributed by atoms with Crippen LogP contribution >= 0.6 is 23.4 Å². The maximum atomic E-state index is 13.6. The van der Waals surface area contributed by atoms with Crippen molar-refractivity contribution in [3.8, 4) is 0 Å². The molecule has 0 amide bonds. The van der Waals surface area contributed by atoms with E-state index >= 15 is 0 Å². The van der Waals surface area contributed by atoms with Crippen LogP contribution in [0.4, 0.5) is 10.2 Å². The van der Waals surface area contributed by atoms with Crippen LogP contribution in [0.15, 0.2) is 6.20 Å². The van der Waals surface area contributed by atoms with Crippen molar-refractivity contribution >= 4 is 29.2 Å². The SMILES string of the molecule is CC1CN(c2nc(Cl)ncc2F)CC(C)S1. The van der Waals surface area contributed by atoms with E-state index in [1.807, 2.05) is 16.7 Å². The Balaban J connectivity index is 2.25. The van der Waals surface area contributed by atoms with Crippen LogP contribution in [0.1, 0.15) is 13.8 Å². The van der Waals surface area contributed by atoms with Crippen LogP contribution < -0.4 is 4.90 Å². The molecule has 2 unspecified atom stereocenters. The topological polar surface area (TPSA) is 29.0 Å². The Morgan fingerprint density at radius 2 is 2.06 bits per heavy atom. The minimum Gasteiger partial charge on any atom is -0.352 e. The van der Waals surface area contributed by atoms with Crippen molar-refractivity contribution in [1.29, 1.82) is 0 Å². The third-order valence-electron chi connectivity index (χ3n) is 2.42. The summed E-state index contributed by atoms with van der Waals surface area (Å²) < 4.78 is 13.6. The minimum atomic E-state index is -0.407. The van der Waals surface area contributed by atoms with Gasteiger partial charge in [0, 0.05) is 23.6 Å². The zero-order chi connectivity index (χ0) is 11.7. The van der Waals surface area contributed by atoms with E-state index < -0.39 is 5.82 Å². The Morgan fingerprint density at radius 1 is 1.44 bits per heavy atom. The Kier molecular flexibility index (Phi) is 3.54. The fraction of sp³-hybridized carbons (Fsp3) is 0.600. The summed E-state index contributed by atoms with van der Waals surface area (Å²) in [6.07, 6.45) is 1.13. The number of rotatable bonds is 1. The second-order valence-corrected chi connectivity index (χ2v) is 6.19. The average molecular weight is 262 g/mol. The van der Waals surface area contributed by atoms with Crippen molar-refractivity contribution in [3.63, 3.8) is 0 Å². The number of halogens is 2. The van der Waals surface area contributed by atoms with Crippen molar-refractivity contribution in [2.45, 2.75) is 24.3 Å². The smallest absolute Gasteiger partial charge is 0.224 e. The lowest BCUT2D eigenvalue weighted by Crippen LogP contribution is -2.41. The maximum absolute atomic E-state index is 13.6. The van der Waals surface area contributed by atoms with Crippen LogP contribution in [0.3, 0.4) is 0 Å². The summed E-state index contributed by atoms with van der Waals surface area (Å²) in [6, 6.07) is 0. The maximum Gasteiger partial charge on any atom is 0.224 e. The van der Waals surface area contributed by atoms with Crippen LogP contribution in [0, 0.1) is 5.82 Å². The van der Waals surface area contributed by atoms with Crippen molar-refractivity contribution in [2.24, 2.45) is 0 Å². The standard InChI is InChI=1S/C10H13ClFN3S/c1-6-4-15(5-7(2)16-6)9-8(12)3-13-10(11)14-9/h3,6-7H,4-5H2,1-2H3. The number of thioether (sulfide) groups is 1. The number of anilines is 1. The van der Waals surface area contributed by atoms with Crippen molar-refractivity contribution in [3.05, 3.63) is 17.3 Å². The van der Waals surface area contributed by atoms with E-state index in [1.54, 1.807) is 0 Å². The molecule has 3 nitrogen and oxygen atoms in total. The van der Waals surface area contributed by atoms with Gasteiger partial charge >= 0.3 is 0 Å². The second kappa shape index (κ2) is 4.75. The molecule has 0 aliphatic carbocycles. The Labute approximate surface area is 103 Å². The molecule has 0 aromatic carbocycles. The van der Waals surface area contributed by atoms with E-state index in [-0.39, 0.29) is 5.28 Å². The highest BCUT2D eigenvalue weighted by atomic mass is 35.5. The van der Waals surface area contributed by atoms with Crippen LogP contribution in [0.25, 0.3) is 0 Å². The Hall–Kier alpha value is -0.550. The first-order valence-electron chi connectivity index (χ1n) is 5.14. The highest BCUT2D eigenvalue weighted by molar-refractivity contribution is 8.00. The molecular weight excluding hydrogens is 249 g/mol. The monoisotopic (exact) mass is 261 g/mol. The fourth-order valence-corrected chi connectivity index (χ4v) is 3.36. The van der Waals surface area contributed by atoms with Gasteiger partial charge in [-0.05, 0) is 11.6 Å². The predicted molar refractivity (Wildman–Crippen MR) is 65.7 cm³/mol. The number of hydrogen-bond acceptors (Lipinski definition) is 4. The lowest BCUT2D eigenvalue weighted by atomic mass is 10.3. The van der Waals surface area contributed by atoms with Crippen molar-refractivity contribution in [2.75, 3.05) is 18.0 Å². The molecule has 16 heavy (non-hydrogen) atoms. The summed E-state index contributed by atoms with van der Waals surface area (Å²) in [5.74, 6) is -0.0882. The van der Waals surface area contributed by atoms with Gasteiger partial charge in [0.25, 0.3) is 0 Å². The van der Waals surface area contributed by atoms with Gasteiger partial charge in [-0.3, -0.25) is 0 Å². The first kappa shape index (κ1) is 11.9. The van der Waals surface area contributed by atoms with Crippen molar-refractivity contribution < 1.29 is 4.39 Å². The molecule has 6 heteroatoms. The summed E-state index contributed by atoms with van der Waals surface area (Å²) in [4.78, 5) is 9.52. The third-order valence-corrected chi connectivity index (χ3v) is 3.82. The molecule has 2 rings (SSSR count). The van der Waals surface area contributed by atoms with Gasteiger partial charge in [-0.1, -0.05) is 13.8 Å². The highest BCUT2D eigenvalue weighted by Gasteiger charge is 2.25. The van der Waals surface area contributed by atoms with E-state index in [2.05, 4.69) is 23.8 Å². The molecule has 1 aliphatic rings. The molecular formula is C10H13ClFN3S. The minimum absolute atomic E-state index is 0.0925. The summed E-state index contributed by atoms with van der Waals surface area (Å²) >= 11 is 7.60. The van der Waals surface area contributed by atoms with E-state index in [0.29, 0.717) is 16.3 Å². The predicted octanol–water partition coefficient (Wildman–Crippen LogP) is 2.60. The summed E-state index contributed by atoms with van der Waals surface area (Å²) in [5, 5.41) is 1.03. The van der Waals surface area contributed by atoms with Gasteiger partial charge in [-0.25, -0.2) is 9.37 Å². The first-order valence-corrected chi connectivity index (χ1v) is 6.47. The first-order chi connectivity index (χ1) is 7.56. The quantitative estimate of drug-likeness (QED) is 0.727. The van der Waals surface area contributed by atoms with Gasteiger partial charge in [-0.15, -0.1) is 0 Å². The zero-order valence-electron chi connectivity index (χ0n) is 9.15. The molecule has 0 saturated carbocycles. The molecule has 1 saturated heterocycles. The summed E-state index contributed by atoms with van der Waals surface area (Å²) in [6.45, 7) is 5.85. The lowest BCUT2D eigenvalue weighted by Gasteiger charge is -2.35. The van der Waals surface area contributed by atoms with Crippen LogP contribution in [0.2, 0.25) is 5.28 Å². The molecule has 1 aliphatic heterocycles. The molecule has 1 aromatic rings. The molecule has 1 aromatic heterocycles. The van der Waals surface area contributed by atoms with E-state index in [4.69, 9.17) is 11.6 Å².